The SMILES string of the molecule is CN(Cc1cn(-c2ccccc2)nc1-c1ccccc1)C(=O)C1CCC1C(=O)O. The Labute approximate surface area is 169 Å². The number of aromatic nitrogens is 2. The lowest BCUT2D eigenvalue weighted by Crippen LogP contribution is -2.44. The van der Waals surface area contributed by atoms with Gasteiger partial charge in [-0.3, -0.25) is 9.59 Å². The summed E-state index contributed by atoms with van der Waals surface area (Å²) in [5, 5.41) is 14.0. The molecule has 6 nitrogen and oxygen atoms in total. The van der Waals surface area contributed by atoms with Crippen molar-refractivity contribution in [1.29, 1.82) is 0 Å². The van der Waals surface area contributed by atoms with Crippen molar-refractivity contribution >= 4 is 11.9 Å². The van der Waals surface area contributed by atoms with E-state index in [-0.39, 0.29) is 5.91 Å². The van der Waals surface area contributed by atoms with Gasteiger partial charge in [0.05, 0.1) is 23.2 Å². The van der Waals surface area contributed by atoms with Gasteiger partial charge in [0.1, 0.15) is 0 Å². The van der Waals surface area contributed by atoms with Crippen LogP contribution in [0, 0.1) is 11.8 Å². The van der Waals surface area contributed by atoms with Gasteiger partial charge in [-0.1, -0.05) is 48.5 Å². The Bertz CT molecular complexity index is 1010. The molecule has 1 saturated carbocycles. The van der Waals surface area contributed by atoms with Crippen LogP contribution in [0.3, 0.4) is 0 Å². The molecule has 0 aliphatic heterocycles. The summed E-state index contributed by atoms with van der Waals surface area (Å²) >= 11 is 0. The average Bonchev–Trinajstić information content (AvgIpc) is 3.12. The molecule has 2 atom stereocenters. The van der Waals surface area contributed by atoms with Crippen LogP contribution in [0.15, 0.2) is 66.9 Å². The summed E-state index contributed by atoms with van der Waals surface area (Å²) in [5.74, 6) is -1.99. The number of hydrogen-bond acceptors (Lipinski definition) is 3. The molecular weight excluding hydrogens is 366 g/mol. The third-order valence-electron chi connectivity index (χ3n) is 5.55. The topological polar surface area (TPSA) is 75.4 Å². The van der Waals surface area contributed by atoms with Crippen molar-refractivity contribution in [3.05, 3.63) is 72.4 Å². The van der Waals surface area contributed by atoms with Crippen LogP contribution in [-0.2, 0) is 16.1 Å². The van der Waals surface area contributed by atoms with Gasteiger partial charge in [0.25, 0.3) is 0 Å². The largest absolute Gasteiger partial charge is 0.481 e. The van der Waals surface area contributed by atoms with Crippen molar-refractivity contribution in [1.82, 2.24) is 14.7 Å². The number of carboxylic acids is 1. The number of para-hydroxylation sites is 1. The lowest BCUT2D eigenvalue weighted by Gasteiger charge is -2.35. The molecule has 0 spiro atoms. The molecule has 2 aromatic carbocycles. The van der Waals surface area contributed by atoms with E-state index in [9.17, 15) is 14.7 Å². The van der Waals surface area contributed by atoms with Crippen LogP contribution in [0.4, 0.5) is 0 Å². The molecule has 29 heavy (non-hydrogen) atoms. The van der Waals surface area contributed by atoms with Crippen LogP contribution < -0.4 is 0 Å². The molecule has 1 amide bonds. The number of hydrogen-bond donors (Lipinski definition) is 1. The van der Waals surface area contributed by atoms with Crippen molar-refractivity contribution in [2.75, 3.05) is 7.05 Å². The first-order valence-corrected chi connectivity index (χ1v) is 9.72. The van der Waals surface area contributed by atoms with E-state index in [1.807, 2.05) is 71.5 Å². The Hall–Kier alpha value is -3.41. The quantitative estimate of drug-likeness (QED) is 0.699. The van der Waals surface area contributed by atoms with E-state index < -0.39 is 17.8 Å². The number of nitrogens with zero attached hydrogens (tertiary/aromatic N) is 3. The Morgan fingerprint density at radius 2 is 1.66 bits per heavy atom. The molecule has 4 rings (SSSR count). The molecule has 6 heteroatoms. The molecule has 1 aliphatic rings. The van der Waals surface area contributed by atoms with E-state index in [2.05, 4.69) is 0 Å². The van der Waals surface area contributed by atoms with Gasteiger partial charge in [-0.25, -0.2) is 4.68 Å². The fourth-order valence-corrected chi connectivity index (χ4v) is 3.79. The van der Waals surface area contributed by atoms with Crippen LogP contribution in [0.5, 0.6) is 0 Å². The molecule has 0 saturated heterocycles. The van der Waals surface area contributed by atoms with Crippen LogP contribution in [0.2, 0.25) is 0 Å². The van der Waals surface area contributed by atoms with E-state index >= 15 is 0 Å². The minimum atomic E-state index is -0.884. The number of aliphatic carboxylic acids is 1. The highest BCUT2D eigenvalue weighted by molar-refractivity contribution is 5.86. The van der Waals surface area contributed by atoms with E-state index in [0.29, 0.717) is 19.4 Å². The maximum absolute atomic E-state index is 12.8. The Morgan fingerprint density at radius 1 is 1.03 bits per heavy atom. The summed E-state index contributed by atoms with van der Waals surface area (Å²) in [6.45, 7) is 0.374. The number of carbonyl (C=O) groups excluding carboxylic acids is 1. The first-order chi connectivity index (χ1) is 14.0. The fraction of sp³-hybridized carbons (Fsp3) is 0.261. The second-order valence-corrected chi connectivity index (χ2v) is 7.47. The molecule has 148 valence electrons. The lowest BCUT2D eigenvalue weighted by atomic mass is 9.73. The summed E-state index contributed by atoms with van der Waals surface area (Å²) in [4.78, 5) is 25.7. The van der Waals surface area contributed by atoms with Crippen LogP contribution >= 0.6 is 0 Å². The van der Waals surface area contributed by atoms with Crippen molar-refractivity contribution in [3.8, 4) is 16.9 Å². The lowest BCUT2D eigenvalue weighted by molar-refractivity contribution is -0.156. The summed E-state index contributed by atoms with van der Waals surface area (Å²) < 4.78 is 1.82. The third kappa shape index (κ3) is 3.78. The molecule has 1 heterocycles. The normalized spacial score (nSPS) is 18.1. The van der Waals surface area contributed by atoms with E-state index in [0.717, 1.165) is 22.5 Å². The Kier molecular flexibility index (Phi) is 5.16. The van der Waals surface area contributed by atoms with Gasteiger partial charge in [0.15, 0.2) is 0 Å². The first kappa shape index (κ1) is 18.9. The number of rotatable bonds is 6. The monoisotopic (exact) mass is 389 g/mol. The number of amides is 1. The molecule has 0 bridgehead atoms. The van der Waals surface area contributed by atoms with Crippen molar-refractivity contribution in [2.45, 2.75) is 19.4 Å². The van der Waals surface area contributed by atoms with Crippen LogP contribution in [0.25, 0.3) is 16.9 Å². The first-order valence-electron chi connectivity index (χ1n) is 9.72. The van der Waals surface area contributed by atoms with Gasteiger partial charge in [0.2, 0.25) is 5.91 Å². The zero-order valence-corrected chi connectivity index (χ0v) is 16.2. The van der Waals surface area contributed by atoms with Crippen molar-refractivity contribution in [2.24, 2.45) is 11.8 Å². The van der Waals surface area contributed by atoms with Gasteiger partial charge >= 0.3 is 5.97 Å². The molecule has 1 aliphatic carbocycles. The van der Waals surface area contributed by atoms with Crippen LogP contribution in [0.1, 0.15) is 18.4 Å². The minimum Gasteiger partial charge on any atom is -0.481 e. The van der Waals surface area contributed by atoms with Gasteiger partial charge < -0.3 is 10.0 Å². The van der Waals surface area contributed by atoms with Crippen molar-refractivity contribution < 1.29 is 14.7 Å². The predicted octanol–water partition coefficient (Wildman–Crippen LogP) is 3.61. The molecule has 2 unspecified atom stereocenters. The number of carbonyl (C=O) groups is 2. The maximum Gasteiger partial charge on any atom is 0.307 e. The van der Waals surface area contributed by atoms with E-state index in [1.54, 1.807) is 11.9 Å². The molecule has 1 N–H and O–H groups in total. The minimum absolute atomic E-state index is 0.116. The number of carboxylic acid groups (broad SMARTS) is 1. The number of benzene rings is 2. The highest BCUT2D eigenvalue weighted by Crippen LogP contribution is 2.36. The average molecular weight is 389 g/mol. The summed E-state index contributed by atoms with van der Waals surface area (Å²) in [6, 6.07) is 19.7. The summed E-state index contributed by atoms with van der Waals surface area (Å²) in [6.07, 6.45) is 3.15. The Morgan fingerprint density at radius 3 is 2.24 bits per heavy atom. The zero-order chi connectivity index (χ0) is 20.4. The fourth-order valence-electron chi connectivity index (χ4n) is 3.79. The van der Waals surface area contributed by atoms with Crippen LogP contribution in [-0.4, -0.2) is 38.7 Å². The van der Waals surface area contributed by atoms with Gasteiger partial charge in [-0.15, -0.1) is 0 Å². The van der Waals surface area contributed by atoms with E-state index in [1.165, 1.54) is 0 Å². The van der Waals surface area contributed by atoms with Gasteiger partial charge in [-0.05, 0) is 25.0 Å². The smallest absolute Gasteiger partial charge is 0.307 e. The molecule has 0 radical (unpaired) electrons. The second-order valence-electron chi connectivity index (χ2n) is 7.47. The molecule has 3 aromatic rings. The highest BCUT2D eigenvalue weighted by Gasteiger charge is 2.42. The van der Waals surface area contributed by atoms with Gasteiger partial charge in [-0.2, -0.15) is 5.10 Å². The van der Waals surface area contributed by atoms with Crippen molar-refractivity contribution in [3.63, 3.8) is 0 Å². The predicted molar refractivity (Wildman–Crippen MR) is 109 cm³/mol. The summed E-state index contributed by atoms with van der Waals surface area (Å²) in [5.41, 5.74) is 3.65. The highest BCUT2D eigenvalue weighted by atomic mass is 16.4. The molecular formula is C23H23N3O3. The molecule has 1 aromatic heterocycles. The third-order valence-corrected chi connectivity index (χ3v) is 5.55. The standard InChI is InChI=1S/C23H23N3O3/c1-25(22(27)19-12-13-20(19)23(28)29)14-17-15-26(18-10-6-3-7-11-18)24-21(17)16-8-4-2-5-9-16/h2-11,15,19-20H,12-14H2,1H3,(H,28,29). The second kappa shape index (κ2) is 7.91. The van der Waals surface area contributed by atoms with Gasteiger partial charge in [0, 0.05) is 30.9 Å². The zero-order valence-electron chi connectivity index (χ0n) is 16.2. The summed E-state index contributed by atoms with van der Waals surface area (Å²) in [7, 11) is 1.73. The maximum atomic E-state index is 12.8. The molecule has 1 fully saturated rings. The van der Waals surface area contributed by atoms with E-state index in [4.69, 9.17) is 5.10 Å². The Balaban J connectivity index is 1.63.